The second kappa shape index (κ2) is 14.1. The summed E-state index contributed by atoms with van der Waals surface area (Å²) in [4.78, 5) is 0. The summed E-state index contributed by atoms with van der Waals surface area (Å²) >= 11 is 0. The second-order valence-electron chi connectivity index (χ2n) is 6.60. The topological polar surface area (TPSA) is 89.0 Å². The van der Waals surface area contributed by atoms with E-state index in [4.69, 9.17) is 30.4 Å². The average molecular weight is 335 g/mol. The van der Waals surface area contributed by atoms with Gasteiger partial charge in [0, 0.05) is 18.7 Å². The van der Waals surface area contributed by atoms with Crippen LogP contribution < -0.4 is 11.5 Å². The molecule has 0 fully saturated rings. The van der Waals surface area contributed by atoms with E-state index >= 15 is 0 Å². The first-order valence-corrected chi connectivity index (χ1v) is 8.75. The Bertz CT molecular complexity index is 265. The summed E-state index contributed by atoms with van der Waals surface area (Å²) in [5.41, 5.74) is 11.3. The van der Waals surface area contributed by atoms with E-state index in [1.54, 1.807) is 0 Å². The van der Waals surface area contributed by atoms with Crippen molar-refractivity contribution >= 4 is 0 Å². The standard InChI is InChI=1S/C17H38N2O4/c1-13(18)9-21-16(4)11-20-8-6-7-15(3)23-12-17(5)22-10-14(2)19/h13-17H,6-12,18-19H2,1-5H3. The van der Waals surface area contributed by atoms with E-state index in [0.29, 0.717) is 26.4 Å². The summed E-state index contributed by atoms with van der Waals surface area (Å²) in [5.74, 6) is 0. The van der Waals surface area contributed by atoms with E-state index < -0.39 is 0 Å². The predicted octanol–water partition coefficient (Wildman–Crippen LogP) is 1.69. The van der Waals surface area contributed by atoms with Crippen LogP contribution in [0.1, 0.15) is 47.5 Å². The summed E-state index contributed by atoms with van der Waals surface area (Å²) in [6, 6.07) is 0.126. The Balaban J connectivity index is 3.47. The highest BCUT2D eigenvalue weighted by Gasteiger charge is 2.08. The minimum Gasteiger partial charge on any atom is -0.379 e. The van der Waals surface area contributed by atoms with Gasteiger partial charge in [-0.05, 0) is 47.5 Å². The van der Waals surface area contributed by atoms with Crippen LogP contribution in [0.25, 0.3) is 0 Å². The zero-order chi connectivity index (χ0) is 17.7. The normalized spacial score (nSPS) is 18.4. The molecule has 0 heterocycles. The van der Waals surface area contributed by atoms with E-state index in [-0.39, 0.29) is 30.4 Å². The Labute approximate surface area is 142 Å². The molecule has 6 heteroatoms. The highest BCUT2D eigenvalue weighted by Crippen LogP contribution is 2.05. The molecule has 0 spiro atoms. The van der Waals surface area contributed by atoms with Gasteiger partial charge in [-0.3, -0.25) is 0 Å². The van der Waals surface area contributed by atoms with Crippen LogP contribution in [-0.4, -0.2) is 63.4 Å². The van der Waals surface area contributed by atoms with Gasteiger partial charge in [-0.2, -0.15) is 0 Å². The van der Waals surface area contributed by atoms with Gasteiger partial charge in [-0.1, -0.05) is 0 Å². The molecule has 5 atom stereocenters. The molecule has 4 N–H and O–H groups in total. The summed E-state index contributed by atoms with van der Waals surface area (Å²) in [6.07, 6.45) is 2.29. The van der Waals surface area contributed by atoms with E-state index in [9.17, 15) is 0 Å². The molecule has 0 aromatic carbocycles. The van der Waals surface area contributed by atoms with Crippen LogP contribution in [0.2, 0.25) is 0 Å². The Morgan fingerprint density at radius 3 is 1.65 bits per heavy atom. The quantitative estimate of drug-likeness (QED) is 0.443. The van der Waals surface area contributed by atoms with E-state index in [1.165, 1.54) is 0 Å². The molecule has 0 aromatic heterocycles. The molecule has 6 nitrogen and oxygen atoms in total. The van der Waals surface area contributed by atoms with Crippen molar-refractivity contribution in [3.63, 3.8) is 0 Å². The SMILES string of the molecule is CC(N)COC(C)COCCCC(C)OCC(C)OCC(C)N. The lowest BCUT2D eigenvalue weighted by Gasteiger charge is -2.19. The average Bonchev–Trinajstić information content (AvgIpc) is 2.48. The van der Waals surface area contributed by atoms with Crippen molar-refractivity contribution in [1.29, 1.82) is 0 Å². The van der Waals surface area contributed by atoms with Gasteiger partial charge >= 0.3 is 0 Å². The molecule has 140 valence electrons. The molecule has 0 rings (SSSR count). The molecule has 0 bridgehead atoms. The van der Waals surface area contributed by atoms with Crippen molar-refractivity contribution in [1.82, 2.24) is 0 Å². The molecule has 0 amide bonds. The fourth-order valence-corrected chi connectivity index (χ4v) is 1.83. The Morgan fingerprint density at radius 1 is 0.652 bits per heavy atom. The zero-order valence-corrected chi connectivity index (χ0v) is 15.6. The van der Waals surface area contributed by atoms with Gasteiger partial charge < -0.3 is 30.4 Å². The molecule has 0 aliphatic heterocycles. The first kappa shape index (κ1) is 22.8. The summed E-state index contributed by atoms with van der Waals surface area (Å²) in [6.45, 7) is 13.0. The third-order valence-corrected chi connectivity index (χ3v) is 3.15. The third-order valence-electron chi connectivity index (χ3n) is 3.15. The van der Waals surface area contributed by atoms with Crippen LogP contribution in [0.15, 0.2) is 0 Å². The zero-order valence-electron chi connectivity index (χ0n) is 15.6. The summed E-state index contributed by atoms with van der Waals surface area (Å²) < 4.78 is 22.5. The molecular formula is C17H38N2O4. The van der Waals surface area contributed by atoms with Crippen molar-refractivity contribution in [3.05, 3.63) is 0 Å². The van der Waals surface area contributed by atoms with Crippen molar-refractivity contribution < 1.29 is 18.9 Å². The van der Waals surface area contributed by atoms with Crippen molar-refractivity contribution in [2.45, 2.75) is 77.9 Å². The molecule has 5 unspecified atom stereocenters. The van der Waals surface area contributed by atoms with Gasteiger partial charge in [0.05, 0.1) is 44.7 Å². The molecule has 23 heavy (non-hydrogen) atoms. The van der Waals surface area contributed by atoms with Gasteiger partial charge in [-0.15, -0.1) is 0 Å². The largest absolute Gasteiger partial charge is 0.379 e. The lowest BCUT2D eigenvalue weighted by atomic mass is 10.2. The smallest absolute Gasteiger partial charge is 0.0781 e. The fraction of sp³-hybridized carbons (Fsp3) is 1.00. The Kier molecular flexibility index (Phi) is 14.0. The monoisotopic (exact) mass is 334 g/mol. The van der Waals surface area contributed by atoms with Gasteiger partial charge in [0.15, 0.2) is 0 Å². The van der Waals surface area contributed by atoms with Gasteiger partial charge in [0.1, 0.15) is 0 Å². The highest BCUT2D eigenvalue weighted by molar-refractivity contribution is 4.57. The second-order valence-corrected chi connectivity index (χ2v) is 6.60. The van der Waals surface area contributed by atoms with Crippen LogP contribution in [-0.2, 0) is 18.9 Å². The minimum absolute atomic E-state index is 0.0615. The van der Waals surface area contributed by atoms with Crippen LogP contribution in [0.3, 0.4) is 0 Å². The molecule has 0 aromatic rings. The summed E-state index contributed by atoms with van der Waals surface area (Å²) in [5, 5.41) is 0. The lowest BCUT2D eigenvalue weighted by molar-refractivity contribution is -0.0402. The molecule has 0 aliphatic rings. The predicted molar refractivity (Wildman–Crippen MR) is 93.6 cm³/mol. The molecular weight excluding hydrogens is 296 g/mol. The maximum atomic E-state index is 5.77. The molecule has 0 radical (unpaired) electrons. The number of ether oxygens (including phenoxy) is 4. The first-order chi connectivity index (χ1) is 10.8. The minimum atomic E-state index is 0.0615. The number of hydrogen-bond donors (Lipinski definition) is 2. The number of rotatable bonds is 15. The van der Waals surface area contributed by atoms with Gasteiger partial charge in [-0.25, -0.2) is 0 Å². The molecule has 0 saturated carbocycles. The van der Waals surface area contributed by atoms with Gasteiger partial charge in [0.25, 0.3) is 0 Å². The van der Waals surface area contributed by atoms with E-state index in [1.807, 2.05) is 27.7 Å². The Hall–Kier alpha value is -0.240. The van der Waals surface area contributed by atoms with Crippen LogP contribution in [0.4, 0.5) is 0 Å². The van der Waals surface area contributed by atoms with Crippen molar-refractivity contribution in [2.24, 2.45) is 11.5 Å². The van der Waals surface area contributed by atoms with Crippen molar-refractivity contribution in [3.8, 4) is 0 Å². The maximum absolute atomic E-state index is 5.77. The summed E-state index contributed by atoms with van der Waals surface area (Å²) in [7, 11) is 0. The van der Waals surface area contributed by atoms with Crippen LogP contribution in [0.5, 0.6) is 0 Å². The number of nitrogens with two attached hydrogens (primary N) is 2. The highest BCUT2D eigenvalue weighted by atomic mass is 16.5. The maximum Gasteiger partial charge on any atom is 0.0781 e. The lowest BCUT2D eigenvalue weighted by Crippen LogP contribution is -2.28. The Morgan fingerprint density at radius 2 is 1.13 bits per heavy atom. The van der Waals surface area contributed by atoms with E-state index in [2.05, 4.69) is 6.92 Å². The molecule has 0 saturated heterocycles. The number of hydrogen-bond acceptors (Lipinski definition) is 6. The third kappa shape index (κ3) is 16.4. The van der Waals surface area contributed by atoms with Gasteiger partial charge in [0.2, 0.25) is 0 Å². The van der Waals surface area contributed by atoms with E-state index in [0.717, 1.165) is 19.4 Å². The van der Waals surface area contributed by atoms with Crippen LogP contribution >= 0.6 is 0 Å². The van der Waals surface area contributed by atoms with Crippen molar-refractivity contribution in [2.75, 3.05) is 33.0 Å². The fourth-order valence-electron chi connectivity index (χ4n) is 1.83. The first-order valence-electron chi connectivity index (χ1n) is 8.75. The molecule has 0 aliphatic carbocycles. The van der Waals surface area contributed by atoms with Crippen LogP contribution in [0, 0.1) is 0 Å².